The third-order valence-corrected chi connectivity index (χ3v) is 9.50. The largest absolute Gasteiger partial charge is 0.340 e. The molecule has 3 aromatic carbocycles. The molecule has 1 amide bonds. The zero-order chi connectivity index (χ0) is 28.0. The Hall–Kier alpha value is -2.42. The quantitative estimate of drug-likeness (QED) is 0.293. The molecule has 0 unspecified atom stereocenters. The first-order valence-electron chi connectivity index (χ1n) is 13.2. The van der Waals surface area contributed by atoms with Gasteiger partial charge in [-0.2, -0.15) is 4.31 Å². The average molecular weight is 589 g/mol. The van der Waals surface area contributed by atoms with Gasteiger partial charge < -0.3 is 4.90 Å². The van der Waals surface area contributed by atoms with Crippen LogP contribution < -0.4 is 0 Å². The van der Waals surface area contributed by atoms with Gasteiger partial charge in [-0.25, -0.2) is 8.42 Å². The van der Waals surface area contributed by atoms with Crippen LogP contribution in [0, 0.1) is 5.92 Å². The molecule has 4 rings (SSSR count). The minimum atomic E-state index is -3.92. The summed E-state index contributed by atoms with van der Waals surface area (Å²) in [6.07, 6.45) is 0.102. The molecule has 3 aromatic rings. The standard InChI is InChI=1S/C30H35Cl2N3O3S/c1-23(2)22-35(39(37,38)28-21-26(31)13-14-27(28)32)16-15-29(36)33-17-19-34(20-18-33)30(24-9-5-3-6-10-24)25-11-7-4-8-12-25/h3-14,21,23,30H,15-20,22H2,1-2H3. The van der Waals surface area contributed by atoms with Crippen molar-refractivity contribution in [3.05, 3.63) is 100 Å². The number of sulfonamides is 1. The monoisotopic (exact) mass is 587 g/mol. The number of rotatable bonds is 10. The van der Waals surface area contributed by atoms with Crippen molar-refractivity contribution < 1.29 is 13.2 Å². The first-order valence-corrected chi connectivity index (χ1v) is 15.4. The van der Waals surface area contributed by atoms with Gasteiger partial charge in [0.1, 0.15) is 4.90 Å². The third kappa shape index (κ3) is 7.41. The van der Waals surface area contributed by atoms with Gasteiger partial charge in [0.15, 0.2) is 0 Å². The minimum absolute atomic E-state index is 0.0359. The van der Waals surface area contributed by atoms with Crippen LogP contribution in [0.2, 0.25) is 10.0 Å². The van der Waals surface area contributed by atoms with Crippen LogP contribution in [0.1, 0.15) is 37.4 Å². The maximum absolute atomic E-state index is 13.5. The molecular formula is C30H35Cl2N3O3S. The fraction of sp³-hybridized carbons (Fsp3) is 0.367. The van der Waals surface area contributed by atoms with Crippen LogP contribution in [-0.2, 0) is 14.8 Å². The highest BCUT2D eigenvalue weighted by Crippen LogP contribution is 2.30. The van der Waals surface area contributed by atoms with Gasteiger partial charge in [-0.05, 0) is 35.2 Å². The minimum Gasteiger partial charge on any atom is -0.340 e. The second-order valence-electron chi connectivity index (χ2n) is 10.2. The molecule has 0 saturated carbocycles. The molecule has 0 atom stereocenters. The Morgan fingerprint density at radius 1 is 0.872 bits per heavy atom. The number of hydrogen-bond acceptors (Lipinski definition) is 4. The number of carbonyl (C=O) groups excluding carboxylic acids is 1. The lowest BCUT2D eigenvalue weighted by atomic mass is 9.96. The summed E-state index contributed by atoms with van der Waals surface area (Å²) in [5.41, 5.74) is 2.44. The van der Waals surface area contributed by atoms with Gasteiger partial charge in [-0.15, -0.1) is 0 Å². The highest BCUT2D eigenvalue weighted by molar-refractivity contribution is 7.89. The van der Waals surface area contributed by atoms with Crippen molar-refractivity contribution in [3.63, 3.8) is 0 Å². The summed E-state index contributed by atoms with van der Waals surface area (Å²) in [5, 5.41) is 0.405. The summed E-state index contributed by atoms with van der Waals surface area (Å²) in [6.45, 7) is 6.88. The molecule has 1 aliphatic heterocycles. The lowest BCUT2D eigenvalue weighted by Gasteiger charge is -2.40. The fourth-order valence-electron chi connectivity index (χ4n) is 5.02. The van der Waals surface area contributed by atoms with Gasteiger partial charge in [0.25, 0.3) is 0 Å². The van der Waals surface area contributed by atoms with Crippen molar-refractivity contribution in [3.8, 4) is 0 Å². The molecule has 0 aromatic heterocycles. The van der Waals surface area contributed by atoms with Crippen LogP contribution >= 0.6 is 23.2 Å². The van der Waals surface area contributed by atoms with Gasteiger partial charge in [-0.3, -0.25) is 9.69 Å². The number of carbonyl (C=O) groups is 1. The van der Waals surface area contributed by atoms with E-state index >= 15 is 0 Å². The van der Waals surface area contributed by atoms with Crippen molar-refractivity contribution in [2.75, 3.05) is 39.3 Å². The molecular weight excluding hydrogens is 553 g/mol. The molecule has 6 nitrogen and oxygen atoms in total. The molecule has 1 saturated heterocycles. The Bertz CT molecular complexity index is 1310. The van der Waals surface area contributed by atoms with Crippen molar-refractivity contribution in [1.82, 2.24) is 14.1 Å². The van der Waals surface area contributed by atoms with Crippen molar-refractivity contribution in [2.24, 2.45) is 5.92 Å². The Labute approximate surface area is 242 Å². The van der Waals surface area contributed by atoms with E-state index < -0.39 is 10.0 Å². The molecule has 208 valence electrons. The summed E-state index contributed by atoms with van der Waals surface area (Å²) in [6, 6.07) is 25.3. The normalized spacial score (nSPS) is 14.9. The molecule has 9 heteroatoms. The van der Waals surface area contributed by atoms with Gasteiger partial charge >= 0.3 is 0 Å². The second-order valence-corrected chi connectivity index (χ2v) is 13.0. The van der Waals surface area contributed by atoms with E-state index in [1.807, 2.05) is 30.9 Å². The summed E-state index contributed by atoms with van der Waals surface area (Å²) in [7, 11) is -3.92. The molecule has 0 spiro atoms. The van der Waals surface area contributed by atoms with E-state index in [0.717, 1.165) is 13.1 Å². The van der Waals surface area contributed by atoms with Crippen LogP contribution in [0.5, 0.6) is 0 Å². The Balaban J connectivity index is 1.42. The predicted molar refractivity (Wildman–Crippen MR) is 158 cm³/mol. The third-order valence-electron chi connectivity index (χ3n) is 6.92. The maximum Gasteiger partial charge on any atom is 0.244 e. The molecule has 0 N–H and O–H groups in total. The average Bonchev–Trinajstić information content (AvgIpc) is 2.93. The SMILES string of the molecule is CC(C)CN(CCC(=O)N1CCN(C(c2ccccc2)c2ccccc2)CC1)S(=O)(=O)c1cc(Cl)ccc1Cl. The summed E-state index contributed by atoms with van der Waals surface area (Å²) in [5.74, 6) is 0.0241. The van der Waals surface area contributed by atoms with E-state index in [-0.39, 0.29) is 47.3 Å². The number of halogens is 2. The zero-order valence-electron chi connectivity index (χ0n) is 22.3. The summed E-state index contributed by atoms with van der Waals surface area (Å²) < 4.78 is 28.3. The number of piperazine rings is 1. The molecule has 0 radical (unpaired) electrons. The van der Waals surface area contributed by atoms with Crippen LogP contribution in [0.25, 0.3) is 0 Å². The first-order chi connectivity index (χ1) is 18.7. The molecule has 1 aliphatic rings. The molecule has 1 fully saturated rings. The topological polar surface area (TPSA) is 60.9 Å². The van der Waals surface area contributed by atoms with Crippen LogP contribution in [-0.4, -0.2) is 67.7 Å². The van der Waals surface area contributed by atoms with Gasteiger partial charge in [0, 0.05) is 50.7 Å². The predicted octanol–water partition coefficient (Wildman–Crippen LogP) is 5.96. The highest BCUT2D eigenvalue weighted by atomic mass is 35.5. The van der Waals surface area contributed by atoms with Crippen LogP contribution in [0.4, 0.5) is 0 Å². The summed E-state index contributed by atoms with van der Waals surface area (Å²) in [4.78, 5) is 17.4. The number of amides is 1. The van der Waals surface area contributed by atoms with E-state index in [0.29, 0.717) is 18.1 Å². The van der Waals surface area contributed by atoms with E-state index in [9.17, 15) is 13.2 Å². The van der Waals surface area contributed by atoms with E-state index in [1.54, 1.807) is 6.07 Å². The summed E-state index contributed by atoms with van der Waals surface area (Å²) >= 11 is 12.3. The van der Waals surface area contributed by atoms with E-state index in [2.05, 4.69) is 53.4 Å². The highest BCUT2D eigenvalue weighted by Gasteiger charge is 2.31. The molecule has 39 heavy (non-hydrogen) atoms. The van der Waals surface area contributed by atoms with Gasteiger partial charge in [-0.1, -0.05) is 97.7 Å². The van der Waals surface area contributed by atoms with Crippen molar-refractivity contribution in [1.29, 1.82) is 0 Å². The van der Waals surface area contributed by atoms with Gasteiger partial charge in [0.05, 0.1) is 11.1 Å². The number of benzene rings is 3. The van der Waals surface area contributed by atoms with Gasteiger partial charge in [0.2, 0.25) is 15.9 Å². The molecule has 0 bridgehead atoms. The molecule has 0 aliphatic carbocycles. The lowest BCUT2D eigenvalue weighted by Crippen LogP contribution is -2.50. The Morgan fingerprint density at radius 3 is 1.97 bits per heavy atom. The zero-order valence-corrected chi connectivity index (χ0v) is 24.7. The number of hydrogen-bond donors (Lipinski definition) is 0. The first kappa shape index (κ1) is 29.6. The maximum atomic E-state index is 13.5. The Morgan fingerprint density at radius 2 is 1.44 bits per heavy atom. The van der Waals surface area contributed by atoms with Crippen molar-refractivity contribution in [2.45, 2.75) is 31.2 Å². The second kappa shape index (κ2) is 13.3. The lowest BCUT2D eigenvalue weighted by molar-refractivity contribution is -0.133. The smallest absolute Gasteiger partial charge is 0.244 e. The fourth-order valence-corrected chi connectivity index (χ4v) is 7.36. The van der Waals surface area contributed by atoms with Crippen molar-refractivity contribution >= 4 is 39.1 Å². The van der Waals surface area contributed by atoms with E-state index in [1.165, 1.54) is 27.6 Å². The Kier molecular flexibility index (Phi) is 10.1. The van der Waals surface area contributed by atoms with Crippen LogP contribution in [0.3, 0.4) is 0 Å². The molecule has 1 heterocycles. The van der Waals surface area contributed by atoms with E-state index in [4.69, 9.17) is 23.2 Å². The van der Waals surface area contributed by atoms with Crippen LogP contribution in [0.15, 0.2) is 83.8 Å². The number of nitrogens with zero attached hydrogens (tertiary/aromatic N) is 3.